The van der Waals surface area contributed by atoms with Crippen molar-refractivity contribution in [1.82, 2.24) is 10.3 Å². The van der Waals surface area contributed by atoms with Gasteiger partial charge in [-0.05, 0) is 33.7 Å². The number of alkyl halides is 1. The molecule has 1 unspecified atom stereocenters. The van der Waals surface area contributed by atoms with Gasteiger partial charge in [0.15, 0.2) is 0 Å². The van der Waals surface area contributed by atoms with E-state index in [1.807, 2.05) is 6.92 Å². The number of nitrogens with one attached hydrogen (secondary N) is 1. The van der Waals surface area contributed by atoms with Crippen LogP contribution in [0.25, 0.3) is 0 Å². The molecule has 80 valence electrons. The Balaban J connectivity index is 2.51. The van der Waals surface area contributed by atoms with Crippen molar-refractivity contribution in [2.45, 2.75) is 33.2 Å². The third-order valence-corrected chi connectivity index (χ3v) is 3.01. The fourth-order valence-electron chi connectivity index (χ4n) is 1.43. The monoisotopic (exact) mass is 216 g/mol. The van der Waals surface area contributed by atoms with E-state index in [1.54, 1.807) is 11.3 Å². The van der Waals surface area contributed by atoms with E-state index < -0.39 is 0 Å². The van der Waals surface area contributed by atoms with E-state index in [0.717, 1.165) is 10.7 Å². The number of aryl methyl sites for hydroxylation is 2. The van der Waals surface area contributed by atoms with E-state index in [4.69, 9.17) is 0 Å². The molecule has 0 aliphatic carbocycles. The molecule has 0 radical (unpaired) electrons. The van der Waals surface area contributed by atoms with Gasteiger partial charge in [0, 0.05) is 10.9 Å². The van der Waals surface area contributed by atoms with Crippen molar-refractivity contribution in [3.63, 3.8) is 0 Å². The summed E-state index contributed by atoms with van der Waals surface area (Å²) in [5, 5.41) is 4.35. The molecule has 4 heteroatoms. The largest absolute Gasteiger partial charge is 0.309 e. The second-order valence-electron chi connectivity index (χ2n) is 3.39. The minimum absolute atomic E-state index is 0.228. The van der Waals surface area contributed by atoms with E-state index in [0.29, 0.717) is 13.0 Å². The molecule has 1 atom stereocenters. The van der Waals surface area contributed by atoms with Gasteiger partial charge in [-0.25, -0.2) is 4.98 Å². The molecular formula is C10H17FN2S. The maximum Gasteiger partial charge on any atom is 0.0906 e. The molecule has 1 N–H and O–H groups in total. The molecule has 1 heterocycles. The number of aromatic nitrogens is 1. The Kier molecular flexibility index (Phi) is 4.48. The molecule has 0 amide bonds. The highest BCUT2D eigenvalue weighted by atomic mass is 32.1. The van der Waals surface area contributed by atoms with Crippen LogP contribution < -0.4 is 5.32 Å². The smallest absolute Gasteiger partial charge is 0.0906 e. The van der Waals surface area contributed by atoms with Crippen LogP contribution in [0.2, 0.25) is 0 Å². The van der Waals surface area contributed by atoms with Crippen molar-refractivity contribution in [3.05, 3.63) is 15.6 Å². The Bertz CT molecular complexity index is 286. The summed E-state index contributed by atoms with van der Waals surface area (Å²) >= 11 is 1.71. The highest BCUT2D eigenvalue weighted by Gasteiger charge is 2.11. The molecular weight excluding hydrogens is 199 g/mol. The number of hydrogen-bond acceptors (Lipinski definition) is 3. The first-order valence-corrected chi connectivity index (χ1v) is 5.70. The quantitative estimate of drug-likeness (QED) is 0.766. The SMILES string of the molecule is Cc1nc(C(C)NCCCF)c(C)s1. The van der Waals surface area contributed by atoms with Crippen LogP contribution in [-0.4, -0.2) is 18.2 Å². The molecule has 0 aromatic carbocycles. The first kappa shape index (κ1) is 11.6. The predicted molar refractivity (Wildman–Crippen MR) is 58.6 cm³/mol. The molecule has 2 nitrogen and oxygen atoms in total. The summed E-state index contributed by atoms with van der Waals surface area (Å²) in [4.78, 5) is 5.70. The minimum atomic E-state index is -0.255. The minimum Gasteiger partial charge on any atom is -0.309 e. The number of nitrogens with zero attached hydrogens (tertiary/aromatic N) is 1. The van der Waals surface area contributed by atoms with Gasteiger partial charge in [0.2, 0.25) is 0 Å². The van der Waals surface area contributed by atoms with Gasteiger partial charge < -0.3 is 5.32 Å². The van der Waals surface area contributed by atoms with E-state index in [2.05, 4.69) is 24.1 Å². The molecule has 1 rings (SSSR count). The van der Waals surface area contributed by atoms with E-state index in [1.165, 1.54) is 4.88 Å². The maximum atomic E-state index is 11.9. The third-order valence-electron chi connectivity index (χ3n) is 2.11. The zero-order valence-electron chi connectivity index (χ0n) is 8.93. The molecule has 0 spiro atoms. The zero-order chi connectivity index (χ0) is 10.6. The molecule has 0 saturated carbocycles. The summed E-state index contributed by atoms with van der Waals surface area (Å²) in [7, 11) is 0. The third kappa shape index (κ3) is 3.03. The molecule has 0 aliphatic rings. The van der Waals surface area contributed by atoms with Crippen LogP contribution in [0.1, 0.15) is 35.0 Å². The zero-order valence-corrected chi connectivity index (χ0v) is 9.75. The number of halogens is 1. The van der Waals surface area contributed by atoms with Gasteiger partial charge in [-0.2, -0.15) is 0 Å². The summed E-state index contributed by atoms with van der Waals surface area (Å²) in [5.41, 5.74) is 1.10. The summed E-state index contributed by atoms with van der Waals surface area (Å²) in [6.07, 6.45) is 0.576. The number of thiazole rings is 1. The Morgan fingerprint density at radius 1 is 1.50 bits per heavy atom. The van der Waals surface area contributed by atoms with Crippen LogP contribution in [-0.2, 0) is 0 Å². The highest BCUT2D eigenvalue weighted by molar-refractivity contribution is 7.11. The van der Waals surface area contributed by atoms with E-state index in [-0.39, 0.29) is 12.7 Å². The summed E-state index contributed by atoms with van der Waals surface area (Å²) in [6.45, 7) is 6.62. The molecule has 0 aliphatic heterocycles. The summed E-state index contributed by atoms with van der Waals surface area (Å²) in [6, 6.07) is 0.228. The highest BCUT2D eigenvalue weighted by Crippen LogP contribution is 2.22. The molecule has 1 aromatic heterocycles. The second-order valence-corrected chi connectivity index (χ2v) is 4.80. The first-order chi connectivity index (χ1) is 6.65. The van der Waals surface area contributed by atoms with Crippen molar-refractivity contribution in [3.8, 4) is 0 Å². The van der Waals surface area contributed by atoms with Gasteiger partial charge in [0.05, 0.1) is 17.4 Å². The van der Waals surface area contributed by atoms with Gasteiger partial charge in [-0.1, -0.05) is 0 Å². The van der Waals surface area contributed by atoms with Crippen molar-refractivity contribution >= 4 is 11.3 Å². The molecule has 0 bridgehead atoms. The predicted octanol–water partition coefficient (Wildman–Crippen LogP) is 2.77. The topological polar surface area (TPSA) is 24.9 Å². The van der Waals surface area contributed by atoms with Crippen LogP contribution in [0.4, 0.5) is 4.39 Å². The van der Waals surface area contributed by atoms with Crippen LogP contribution >= 0.6 is 11.3 Å². The number of rotatable bonds is 5. The van der Waals surface area contributed by atoms with Gasteiger partial charge in [0.1, 0.15) is 0 Å². The van der Waals surface area contributed by atoms with Crippen LogP contribution in [0.15, 0.2) is 0 Å². The van der Waals surface area contributed by atoms with E-state index in [9.17, 15) is 4.39 Å². The van der Waals surface area contributed by atoms with Crippen molar-refractivity contribution in [1.29, 1.82) is 0 Å². The Labute approximate surface area is 88.6 Å². The van der Waals surface area contributed by atoms with Crippen LogP contribution in [0.3, 0.4) is 0 Å². The Morgan fingerprint density at radius 3 is 2.71 bits per heavy atom. The second kappa shape index (κ2) is 5.41. The molecule has 0 fully saturated rings. The molecule has 14 heavy (non-hydrogen) atoms. The summed E-state index contributed by atoms with van der Waals surface area (Å²) < 4.78 is 11.9. The average Bonchev–Trinajstić information content (AvgIpc) is 2.45. The Hall–Kier alpha value is -0.480. The van der Waals surface area contributed by atoms with Gasteiger partial charge in [0.25, 0.3) is 0 Å². The molecule has 1 aromatic rings. The fourth-order valence-corrected chi connectivity index (χ4v) is 2.34. The van der Waals surface area contributed by atoms with Crippen molar-refractivity contribution in [2.24, 2.45) is 0 Å². The fraction of sp³-hybridized carbons (Fsp3) is 0.700. The lowest BCUT2D eigenvalue weighted by Gasteiger charge is -2.11. The lowest BCUT2D eigenvalue weighted by Crippen LogP contribution is -2.21. The Morgan fingerprint density at radius 2 is 2.21 bits per heavy atom. The van der Waals surface area contributed by atoms with Crippen molar-refractivity contribution in [2.75, 3.05) is 13.2 Å². The average molecular weight is 216 g/mol. The summed E-state index contributed by atoms with van der Waals surface area (Å²) in [5.74, 6) is 0. The standard InChI is InChI=1S/C10H17FN2S/c1-7(12-6-4-5-11)10-8(2)14-9(3)13-10/h7,12H,4-6H2,1-3H3. The van der Waals surface area contributed by atoms with Gasteiger partial charge in [-0.3, -0.25) is 4.39 Å². The van der Waals surface area contributed by atoms with Crippen molar-refractivity contribution < 1.29 is 4.39 Å². The molecule has 0 saturated heterocycles. The maximum absolute atomic E-state index is 11.9. The lowest BCUT2D eigenvalue weighted by molar-refractivity contribution is 0.444. The van der Waals surface area contributed by atoms with Gasteiger partial charge in [-0.15, -0.1) is 11.3 Å². The first-order valence-electron chi connectivity index (χ1n) is 4.88. The van der Waals surface area contributed by atoms with Crippen LogP contribution in [0, 0.1) is 13.8 Å². The van der Waals surface area contributed by atoms with Gasteiger partial charge >= 0.3 is 0 Å². The lowest BCUT2D eigenvalue weighted by atomic mass is 10.2. The van der Waals surface area contributed by atoms with Crippen LogP contribution in [0.5, 0.6) is 0 Å². The van der Waals surface area contributed by atoms with E-state index >= 15 is 0 Å². The normalized spacial score (nSPS) is 13.1. The number of hydrogen-bond donors (Lipinski definition) is 1.